The molecule has 5 amide bonds. The fourth-order valence-electron chi connectivity index (χ4n) is 2.75. The minimum absolute atomic E-state index is 0.0519. The fraction of sp³-hybridized carbons (Fsp3) is 0.158. The van der Waals surface area contributed by atoms with Crippen LogP contribution >= 0.6 is 11.6 Å². The van der Waals surface area contributed by atoms with Gasteiger partial charge in [0, 0.05) is 24.8 Å². The Bertz CT molecular complexity index is 996. The molecule has 1 aliphatic rings. The number of urea groups is 1. The summed E-state index contributed by atoms with van der Waals surface area (Å²) in [5.41, 5.74) is 1.01. The summed E-state index contributed by atoms with van der Waals surface area (Å²) in [5, 5.41) is 7.40. The number of imide groups is 1. The maximum absolute atomic E-state index is 13.4. The summed E-state index contributed by atoms with van der Waals surface area (Å²) in [6.45, 7) is 1.19. The van der Waals surface area contributed by atoms with Gasteiger partial charge in [-0.25, -0.2) is 14.1 Å². The van der Waals surface area contributed by atoms with Crippen LogP contribution in [0.2, 0.25) is 5.02 Å². The summed E-state index contributed by atoms with van der Waals surface area (Å²) in [7, 11) is 0. The van der Waals surface area contributed by atoms with Crippen LogP contribution < -0.4 is 20.9 Å². The molecule has 1 unspecified atom stereocenters. The number of nitrogens with one attached hydrogen (secondary N) is 3. The van der Waals surface area contributed by atoms with Gasteiger partial charge in [-0.3, -0.25) is 14.4 Å². The lowest BCUT2D eigenvalue weighted by atomic mass is 10.0. The first-order chi connectivity index (χ1) is 13.8. The van der Waals surface area contributed by atoms with E-state index in [0.717, 1.165) is 17.0 Å². The zero-order valence-corrected chi connectivity index (χ0v) is 15.9. The molecule has 0 aliphatic carbocycles. The van der Waals surface area contributed by atoms with E-state index in [-0.39, 0.29) is 23.2 Å². The number of halogens is 2. The first-order valence-electron chi connectivity index (χ1n) is 8.51. The molecule has 1 heterocycles. The molecule has 29 heavy (non-hydrogen) atoms. The van der Waals surface area contributed by atoms with Crippen LogP contribution in [0, 0.1) is 11.7 Å². The maximum atomic E-state index is 13.4. The van der Waals surface area contributed by atoms with E-state index in [2.05, 4.69) is 16.0 Å². The zero-order chi connectivity index (χ0) is 21.1. The number of carbonyl (C=O) groups excluding carboxylic acids is 4. The molecule has 1 aliphatic heterocycles. The average Bonchev–Trinajstić information content (AvgIpc) is 2.65. The van der Waals surface area contributed by atoms with Gasteiger partial charge in [0.05, 0.1) is 10.7 Å². The minimum Gasteiger partial charge on any atom is -0.336 e. The van der Waals surface area contributed by atoms with Gasteiger partial charge in [0.15, 0.2) is 0 Å². The quantitative estimate of drug-likeness (QED) is 0.663. The lowest BCUT2D eigenvalue weighted by molar-refractivity contribution is -0.130. The molecule has 1 atom stereocenters. The van der Waals surface area contributed by atoms with Crippen molar-refractivity contribution in [3.05, 3.63) is 53.3 Å². The second-order valence-electron chi connectivity index (χ2n) is 6.26. The average molecular weight is 419 g/mol. The molecule has 1 fully saturated rings. The highest BCUT2D eigenvalue weighted by Crippen LogP contribution is 2.26. The second-order valence-corrected chi connectivity index (χ2v) is 6.67. The molecule has 0 aromatic heterocycles. The summed E-state index contributed by atoms with van der Waals surface area (Å²) in [6.07, 6.45) is 0. The van der Waals surface area contributed by atoms with E-state index in [4.69, 9.17) is 11.6 Å². The van der Waals surface area contributed by atoms with Crippen LogP contribution in [0.4, 0.5) is 26.2 Å². The standard InChI is InChI=1S/C19H16ClFN4O4/c1-10(26)23-11-2-4-12(5-3-11)24-17(27)14-9-22-19(29)25(18(14)28)13-6-7-16(21)15(20)8-13/h2-8,14H,9H2,1H3,(H,22,29)(H,23,26)(H,24,27). The first kappa shape index (κ1) is 20.3. The van der Waals surface area contributed by atoms with Gasteiger partial charge < -0.3 is 16.0 Å². The Morgan fingerprint density at radius 1 is 1.10 bits per heavy atom. The Balaban J connectivity index is 1.75. The van der Waals surface area contributed by atoms with Crippen molar-refractivity contribution >= 4 is 52.4 Å². The molecule has 2 aromatic carbocycles. The normalized spacial score (nSPS) is 16.2. The molecular formula is C19H16ClFN4O4. The van der Waals surface area contributed by atoms with Gasteiger partial charge in [-0.05, 0) is 42.5 Å². The zero-order valence-electron chi connectivity index (χ0n) is 15.2. The highest BCUT2D eigenvalue weighted by molar-refractivity contribution is 6.31. The lowest BCUT2D eigenvalue weighted by Gasteiger charge is -2.30. The predicted octanol–water partition coefficient (Wildman–Crippen LogP) is 2.75. The molecule has 0 radical (unpaired) electrons. The third-order valence-electron chi connectivity index (χ3n) is 4.13. The van der Waals surface area contributed by atoms with Gasteiger partial charge in [-0.1, -0.05) is 11.6 Å². The van der Waals surface area contributed by atoms with Crippen molar-refractivity contribution in [1.29, 1.82) is 0 Å². The van der Waals surface area contributed by atoms with Crippen molar-refractivity contribution in [1.82, 2.24) is 5.32 Å². The van der Waals surface area contributed by atoms with Gasteiger partial charge in [0.2, 0.25) is 17.7 Å². The summed E-state index contributed by atoms with van der Waals surface area (Å²) in [6, 6.07) is 8.96. The number of anilines is 3. The second kappa shape index (κ2) is 8.27. The van der Waals surface area contributed by atoms with E-state index in [0.29, 0.717) is 11.4 Å². The summed E-state index contributed by atoms with van der Waals surface area (Å²) in [5.74, 6) is -3.50. The van der Waals surface area contributed by atoms with Crippen molar-refractivity contribution < 1.29 is 23.6 Å². The molecule has 3 rings (SSSR count). The van der Waals surface area contributed by atoms with Crippen molar-refractivity contribution in [2.75, 3.05) is 22.1 Å². The van der Waals surface area contributed by atoms with Crippen LogP contribution in [0.25, 0.3) is 0 Å². The van der Waals surface area contributed by atoms with Gasteiger partial charge in [-0.15, -0.1) is 0 Å². The Kier molecular flexibility index (Phi) is 5.79. The largest absolute Gasteiger partial charge is 0.336 e. The number of amides is 5. The van der Waals surface area contributed by atoms with E-state index < -0.39 is 29.6 Å². The number of benzene rings is 2. The van der Waals surface area contributed by atoms with Crippen LogP contribution in [0.3, 0.4) is 0 Å². The van der Waals surface area contributed by atoms with E-state index in [1.165, 1.54) is 13.0 Å². The Morgan fingerprint density at radius 2 is 1.72 bits per heavy atom. The Morgan fingerprint density at radius 3 is 2.31 bits per heavy atom. The molecule has 0 saturated carbocycles. The van der Waals surface area contributed by atoms with Crippen molar-refractivity contribution in [3.8, 4) is 0 Å². The van der Waals surface area contributed by atoms with E-state index in [1.807, 2.05) is 0 Å². The van der Waals surface area contributed by atoms with E-state index in [9.17, 15) is 23.6 Å². The minimum atomic E-state index is -1.19. The number of nitrogens with zero attached hydrogens (tertiary/aromatic N) is 1. The summed E-state index contributed by atoms with van der Waals surface area (Å²) >= 11 is 5.73. The number of carbonyl (C=O) groups is 4. The van der Waals surface area contributed by atoms with Crippen LogP contribution in [0.5, 0.6) is 0 Å². The fourth-order valence-corrected chi connectivity index (χ4v) is 2.93. The molecule has 10 heteroatoms. The van der Waals surface area contributed by atoms with E-state index >= 15 is 0 Å². The van der Waals surface area contributed by atoms with Crippen LogP contribution in [0.15, 0.2) is 42.5 Å². The number of hydrogen-bond donors (Lipinski definition) is 3. The topological polar surface area (TPSA) is 108 Å². The van der Waals surface area contributed by atoms with Crippen LogP contribution in [-0.2, 0) is 14.4 Å². The predicted molar refractivity (Wildman–Crippen MR) is 105 cm³/mol. The highest BCUT2D eigenvalue weighted by atomic mass is 35.5. The molecule has 3 N–H and O–H groups in total. The van der Waals surface area contributed by atoms with Crippen LogP contribution in [0.1, 0.15) is 6.92 Å². The molecule has 1 saturated heterocycles. The third kappa shape index (κ3) is 4.52. The summed E-state index contributed by atoms with van der Waals surface area (Å²) < 4.78 is 13.4. The molecular weight excluding hydrogens is 403 g/mol. The third-order valence-corrected chi connectivity index (χ3v) is 4.42. The van der Waals surface area contributed by atoms with Gasteiger partial charge in [0.1, 0.15) is 11.7 Å². The Labute approximate surface area is 170 Å². The Hall–Kier alpha value is -3.46. The van der Waals surface area contributed by atoms with Gasteiger partial charge >= 0.3 is 6.03 Å². The van der Waals surface area contributed by atoms with Crippen LogP contribution in [-0.4, -0.2) is 30.3 Å². The SMILES string of the molecule is CC(=O)Nc1ccc(NC(=O)C2CNC(=O)N(c3ccc(F)c(Cl)c3)C2=O)cc1. The van der Waals surface area contributed by atoms with Crippen molar-refractivity contribution in [3.63, 3.8) is 0 Å². The molecule has 0 bridgehead atoms. The smallest absolute Gasteiger partial charge is 0.328 e. The van der Waals surface area contributed by atoms with Gasteiger partial charge in [-0.2, -0.15) is 0 Å². The summed E-state index contributed by atoms with van der Waals surface area (Å²) in [4.78, 5) is 49.3. The highest BCUT2D eigenvalue weighted by Gasteiger charge is 2.39. The van der Waals surface area contributed by atoms with Crippen molar-refractivity contribution in [2.45, 2.75) is 6.92 Å². The van der Waals surface area contributed by atoms with E-state index in [1.54, 1.807) is 24.3 Å². The monoisotopic (exact) mass is 418 g/mol. The number of hydrogen-bond acceptors (Lipinski definition) is 4. The maximum Gasteiger partial charge on any atom is 0.328 e. The molecule has 0 spiro atoms. The lowest BCUT2D eigenvalue weighted by Crippen LogP contribution is -2.58. The molecule has 150 valence electrons. The first-order valence-corrected chi connectivity index (χ1v) is 8.89. The van der Waals surface area contributed by atoms with Crippen molar-refractivity contribution in [2.24, 2.45) is 5.92 Å². The molecule has 8 nitrogen and oxygen atoms in total. The molecule has 2 aromatic rings. The van der Waals surface area contributed by atoms with Gasteiger partial charge in [0.25, 0.3) is 0 Å². The number of rotatable bonds is 4.